The van der Waals surface area contributed by atoms with Gasteiger partial charge in [0.15, 0.2) is 9.84 Å². The second-order valence-electron chi connectivity index (χ2n) is 5.34. The van der Waals surface area contributed by atoms with Crippen LogP contribution >= 0.6 is 0 Å². The van der Waals surface area contributed by atoms with Crippen molar-refractivity contribution in [1.29, 1.82) is 0 Å². The number of nitrogens with one attached hydrogen (secondary N) is 1. The fourth-order valence-corrected chi connectivity index (χ4v) is 2.68. The Balaban J connectivity index is 2.13. The number of carboxylic acids is 1. The molecule has 7 heteroatoms. The third-order valence-corrected chi connectivity index (χ3v) is 4.50. The molecule has 0 radical (unpaired) electrons. The number of benzene rings is 1. The van der Waals surface area contributed by atoms with Crippen LogP contribution in [-0.2, 0) is 14.6 Å². The van der Waals surface area contributed by atoms with Gasteiger partial charge in [-0.25, -0.2) is 13.2 Å². The van der Waals surface area contributed by atoms with Crippen molar-refractivity contribution in [2.24, 2.45) is 5.92 Å². The van der Waals surface area contributed by atoms with E-state index >= 15 is 0 Å². The van der Waals surface area contributed by atoms with Gasteiger partial charge >= 0.3 is 5.97 Å². The van der Waals surface area contributed by atoms with Crippen molar-refractivity contribution >= 4 is 21.7 Å². The predicted molar refractivity (Wildman–Crippen MR) is 75.8 cm³/mol. The second kappa shape index (κ2) is 5.85. The van der Waals surface area contributed by atoms with Crippen LogP contribution in [0.3, 0.4) is 0 Å². The third kappa shape index (κ3) is 4.29. The molecule has 6 nitrogen and oxygen atoms in total. The van der Waals surface area contributed by atoms with E-state index in [1.807, 2.05) is 0 Å². The van der Waals surface area contributed by atoms with Gasteiger partial charge in [0.25, 0.3) is 5.91 Å². The van der Waals surface area contributed by atoms with Gasteiger partial charge in [-0.3, -0.25) is 4.79 Å². The highest BCUT2D eigenvalue weighted by Crippen LogP contribution is 2.33. The summed E-state index contributed by atoms with van der Waals surface area (Å²) in [7, 11) is -3.41. The van der Waals surface area contributed by atoms with Gasteiger partial charge in [0, 0.05) is 11.8 Å². The molecule has 1 amide bonds. The number of carbonyl (C=O) groups excluding carboxylic acids is 1. The molecule has 0 heterocycles. The van der Waals surface area contributed by atoms with Gasteiger partial charge < -0.3 is 10.4 Å². The third-order valence-electron chi connectivity index (χ3n) is 3.39. The first kappa shape index (κ1) is 15.5. The van der Waals surface area contributed by atoms with Crippen LogP contribution in [0, 0.1) is 5.92 Å². The number of carboxylic acid groups (broad SMARTS) is 1. The van der Waals surface area contributed by atoms with Crippen molar-refractivity contribution in [3.05, 3.63) is 29.8 Å². The fraction of sp³-hybridized carbons (Fsp3) is 0.429. The molecule has 0 aromatic heterocycles. The van der Waals surface area contributed by atoms with E-state index in [1.54, 1.807) is 0 Å². The highest BCUT2D eigenvalue weighted by molar-refractivity contribution is 7.90. The van der Waals surface area contributed by atoms with E-state index in [9.17, 15) is 18.0 Å². The topological polar surface area (TPSA) is 101 Å². The predicted octanol–water partition coefficient (Wildman–Crippen LogP) is 1.07. The first-order valence-corrected chi connectivity index (χ1v) is 8.50. The summed E-state index contributed by atoms with van der Waals surface area (Å²) < 4.78 is 22.9. The molecule has 1 unspecified atom stereocenters. The van der Waals surface area contributed by atoms with Gasteiger partial charge in [0.1, 0.15) is 6.04 Å². The largest absolute Gasteiger partial charge is 0.480 e. The standard InChI is InChI=1S/C14H17NO5S/c1-21(19,20)11-4-2-3-10(8-11)13(16)15-12(14(17)18)7-9-5-6-9/h2-4,8-9,12H,5-7H2,1H3,(H,15,16)(H,17,18). The summed E-state index contributed by atoms with van der Waals surface area (Å²) in [6.45, 7) is 0. The molecule has 0 spiro atoms. The number of rotatable bonds is 6. The van der Waals surface area contributed by atoms with Gasteiger partial charge in [-0.2, -0.15) is 0 Å². The van der Waals surface area contributed by atoms with E-state index in [0.717, 1.165) is 19.1 Å². The molecular formula is C14H17NO5S. The van der Waals surface area contributed by atoms with Crippen molar-refractivity contribution in [3.8, 4) is 0 Å². The summed E-state index contributed by atoms with van der Waals surface area (Å²) in [6.07, 6.45) is 3.44. The van der Waals surface area contributed by atoms with Gasteiger partial charge in [-0.05, 0) is 30.5 Å². The quantitative estimate of drug-likeness (QED) is 0.818. The Morgan fingerprint density at radius 2 is 2.05 bits per heavy atom. The Bertz CT molecular complexity index is 664. The van der Waals surface area contributed by atoms with E-state index < -0.39 is 27.8 Å². The molecule has 0 bridgehead atoms. The molecule has 114 valence electrons. The molecule has 21 heavy (non-hydrogen) atoms. The van der Waals surface area contributed by atoms with Crippen LogP contribution in [0.1, 0.15) is 29.6 Å². The number of sulfone groups is 1. The molecule has 0 saturated heterocycles. The number of hydrogen-bond acceptors (Lipinski definition) is 4. The summed E-state index contributed by atoms with van der Waals surface area (Å²) in [5.41, 5.74) is 0.139. The molecule has 1 aliphatic rings. The Kier molecular flexibility index (Phi) is 4.32. The lowest BCUT2D eigenvalue weighted by Gasteiger charge is -2.14. The molecular weight excluding hydrogens is 294 g/mol. The molecule has 1 aromatic rings. The van der Waals surface area contributed by atoms with Crippen molar-refractivity contribution < 1.29 is 23.1 Å². The lowest BCUT2D eigenvalue weighted by molar-refractivity contribution is -0.139. The molecule has 1 atom stereocenters. The van der Waals surface area contributed by atoms with E-state index in [1.165, 1.54) is 24.3 Å². The van der Waals surface area contributed by atoms with Crippen LogP contribution in [0.2, 0.25) is 0 Å². The molecule has 2 rings (SSSR count). The van der Waals surface area contributed by atoms with Crippen LogP contribution in [0.5, 0.6) is 0 Å². The molecule has 1 aliphatic carbocycles. The van der Waals surface area contributed by atoms with Crippen molar-refractivity contribution in [3.63, 3.8) is 0 Å². The van der Waals surface area contributed by atoms with Gasteiger partial charge in [-0.15, -0.1) is 0 Å². The molecule has 1 fully saturated rings. The second-order valence-corrected chi connectivity index (χ2v) is 7.36. The minimum Gasteiger partial charge on any atom is -0.480 e. The summed E-state index contributed by atoms with van der Waals surface area (Å²) in [4.78, 5) is 23.2. The van der Waals surface area contributed by atoms with Crippen LogP contribution in [0.15, 0.2) is 29.2 Å². The highest BCUT2D eigenvalue weighted by Gasteiger charge is 2.30. The maximum Gasteiger partial charge on any atom is 0.326 e. The SMILES string of the molecule is CS(=O)(=O)c1cccc(C(=O)NC(CC2CC2)C(=O)O)c1. The summed E-state index contributed by atoms with van der Waals surface area (Å²) in [5, 5.41) is 11.6. The zero-order valence-corrected chi connectivity index (χ0v) is 12.4. The van der Waals surface area contributed by atoms with Crippen LogP contribution in [0.4, 0.5) is 0 Å². The fourth-order valence-electron chi connectivity index (χ4n) is 2.02. The van der Waals surface area contributed by atoms with E-state index in [4.69, 9.17) is 5.11 Å². The first-order chi connectivity index (χ1) is 9.77. The molecule has 0 aliphatic heterocycles. The highest BCUT2D eigenvalue weighted by atomic mass is 32.2. The maximum atomic E-state index is 12.1. The number of amides is 1. The normalized spacial score (nSPS) is 16.2. The Labute approximate surface area is 123 Å². The Morgan fingerprint density at radius 3 is 2.57 bits per heavy atom. The zero-order valence-electron chi connectivity index (χ0n) is 11.6. The van der Waals surface area contributed by atoms with E-state index in [0.29, 0.717) is 12.3 Å². The minimum atomic E-state index is -3.41. The van der Waals surface area contributed by atoms with E-state index in [2.05, 4.69) is 5.32 Å². The smallest absolute Gasteiger partial charge is 0.326 e. The molecule has 2 N–H and O–H groups in total. The van der Waals surface area contributed by atoms with Crippen molar-refractivity contribution in [1.82, 2.24) is 5.32 Å². The van der Waals surface area contributed by atoms with Gasteiger partial charge in [-0.1, -0.05) is 18.9 Å². The van der Waals surface area contributed by atoms with Gasteiger partial charge in [0.05, 0.1) is 4.90 Å². The monoisotopic (exact) mass is 311 g/mol. The Morgan fingerprint density at radius 1 is 1.38 bits per heavy atom. The van der Waals surface area contributed by atoms with Crippen molar-refractivity contribution in [2.45, 2.75) is 30.2 Å². The number of hydrogen-bond donors (Lipinski definition) is 2. The molecule has 1 saturated carbocycles. The summed E-state index contributed by atoms with van der Waals surface area (Å²) in [5.74, 6) is -1.29. The number of aliphatic carboxylic acids is 1. The number of carbonyl (C=O) groups is 2. The van der Waals surface area contributed by atoms with Crippen molar-refractivity contribution in [2.75, 3.05) is 6.26 Å². The van der Waals surface area contributed by atoms with Crippen LogP contribution < -0.4 is 5.32 Å². The average Bonchev–Trinajstić information content (AvgIpc) is 3.21. The Hall–Kier alpha value is -1.89. The zero-order chi connectivity index (χ0) is 15.6. The molecule has 1 aromatic carbocycles. The van der Waals surface area contributed by atoms with Gasteiger partial charge in [0.2, 0.25) is 0 Å². The van der Waals surface area contributed by atoms with Crippen LogP contribution in [-0.4, -0.2) is 37.7 Å². The van der Waals surface area contributed by atoms with Crippen LogP contribution in [0.25, 0.3) is 0 Å². The first-order valence-electron chi connectivity index (χ1n) is 6.61. The maximum absolute atomic E-state index is 12.1. The minimum absolute atomic E-state index is 0.0317. The lowest BCUT2D eigenvalue weighted by Crippen LogP contribution is -2.41. The summed E-state index contributed by atoms with van der Waals surface area (Å²) in [6, 6.07) is 4.63. The summed E-state index contributed by atoms with van der Waals surface area (Å²) >= 11 is 0. The average molecular weight is 311 g/mol. The lowest BCUT2D eigenvalue weighted by atomic mass is 10.1. The van der Waals surface area contributed by atoms with E-state index in [-0.39, 0.29) is 10.5 Å².